The van der Waals surface area contributed by atoms with E-state index in [1.54, 1.807) is 10.8 Å². The van der Waals surface area contributed by atoms with Gasteiger partial charge in [0.2, 0.25) is 5.91 Å². The van der Waals surface area contributed by atoms with Crippen LogP contribution in [-0.2, 0) is 11.3 Å². The highest BCUT2D eigenvalue weighted by Gasteiger charge is 2.32. The molecule has 1 aromatic carbocycles. The van der Waals surface area contributed by atoms with Crippen molar-refractivity contribution in [3.8, 4) is 16.9 Å². The number of H-pyrrole nitrogens is 1. The molecule has 4 heterocycles. The zero-order chi connectivity index (χ0) is 21.7. The Morgan fingerprint density at radius 1 is 1.35 bits per heavy atom. The Kier molecular flexibility index (Phi) is 4.39. The fraction of sp³-hybridized carbons (Fsp3) is 0.273. The third-order valence-electron chi connectivity index (χ3n) is 5.58. The molecule has 1 atom stereocenters. The molecule has 4 aromatic rings. The van der Waals surface area contributed by atoms with Crippen LogP contribution in [0.1, 0.15) is 35.7 Å². The minimum Gasteiger partial charge on any atom is -0.488 e. The summed E-state index contributed by atoms with van der Waals surface area (Å²) in [5.41, 5.74) is 4.84. The normalized spacial score (nSPS) is 15.1. The number of aryl methyl sites for hydroxylation is 2. The van der Waals surface area contributed by atoms with Gasteiger partial charge in [0.15, 0.2) is 5.75 Å². The SMILES string of the molecule is CC(=O)NCc1cc(-c2c(C)noc2C)c2c3c1[nH]c(=O)n3[C@@H](c1ccccn1)CO2. The van der Waals surface area contributed by atoms with Crippen molar-refractivity contribution in [2.24, 2.45) is 0 Å². The number of hydrogen-bond donors (Lipinski definition) is 2. The maximum atomic E-state index is 13.1. The van der Waals surface area contributed by atoms with Gasteiger partial charge in [0.05, 0.1) is 22.5 Å². The van der Waals surface area contributed by atoms with E-state index in [-0.39, 0.29) is 30.8 Å². The van der Waals surface area contributed by atoms with Crippen LogP contribution in [0.15, 0.2) is 39.8 Å². The first kappa shape index (κ1) is 19.1. The summed E-state index contributed by atoms with van der Waals surface area (Å²) < 4.78 is 13.3. The van der Waals surface area contributed by atoms with Crippen LogP contribution in [0.25, 0.3) is 22.2 Å². The fourth-order valence-corrected chi connectivity index (χ4v) is 4.23. The van der Waals surface area contributed by atoms with Crippen molar-refractivity contribution in [3.05, 3.63) is 63.7 Å². The molecule has 1 aliphatic heterocycles. The average molecular weight is 419 g/mol. The smallest absolute Gasteiger partial charge is 0.327 e. The third-order valence-corrected chi connectivity index (χ3v) is 5.58. The van der Waals surface area contributed by atoms with Crippen molar-refractivity contribution in [1.29, 1.82) is 0 Å². The largest absolute Gasteiger partial charge is 0.488 e. The van der Waals surface area contributed by atoms with E-state index in [9.17, 15) is 9.59 Å². The first-order chi connectivity index (χ1) is 15.0. The number of rotatable bonds is 4. The lowest BCUT2D eigenvalue weighted by Gasteiger charge is -2.27. The van der Waals surface area contributed by atoms with Crippen molar-refractivity contribution in [2.75, 3.05) is 6.61 Å². The van der Waals surface area contributed by atoms with Gasteiger partial charge in [-0.3, -0.25) is 14.3 Å². The molecule has 0 saturated carbocycles. The monoisotopic (exact) mass is 419 g/mol. The Balaban J connectivity index is 1.82. The second-order valence-corrected chi connectivity index (χ2v) is 7.63. The lowest BCUT2D eigenvalue weighted by molar-refractivity contribution is -0.119. The van der Waals surface area contributed by atoms with Gasteiger partial charge in [-0.2, -0.15) is 0 Å². The summed E-state index contributed by atoms with van der Waals surface area (Å²) in [6.07, 6.45) is 1.70. The Morgan fingerprint density at radius 2 is 2.19 bits per heavy atom. The summed E-state index contributed by atoms with van der Waals surface area (Å²) >= 11 is 0. The summed E-state index contributed by atoms with van der Waals surface area (Å²) in [6, 6.07) is 7.14. The van der Waals surface area contributed by atoms with Crippen LogP contribution in [0.3, 0.4) is 0 Å². The number of aromatic nitrogens is 4. The highest BCUT2D eigenvalue weighted by molar-refractivity contribution is 5.95. The quantitative estimate of drug-likeness (QED) is 0.525. The fourth-order valence-electron chi connectivity index (χ4n) is 4.23. The zero-order valence-corrected chi connectivity index (χ0v) is 17.4. The van der Waals surface area contributed by atoms with Gasteiger partial charge in [-0.15, -0.1) is 0 Å². The summed E-state index contributed by atoms with van der Waals surface area (Å²) in [5.74, 6) is 1.08. The molecule has 5 rings (SSSR count). The molecule has 0 bridgehead atoms. The molecular weight excluding hydrogens is 398 g/mol. The number of pyridine rings is 1. The zero-order valence-electron chi connectivity index (χ0n) is 17.4. The van der Waals surface area contributed by atoms with Gasteiger partial charge in [0.1, 0.15) is 23.9 Å². The molecule has 31 heavy (non-hydrogen) atoms. The van der Waals surface area contributed by atoms with Crippen LogP contribution in [0.4, 0.5) is 0 Å². The highest BCUT2D eigenvalue weighted by atomic mass is 16.5. The van der Waals surface area contributed by atoms with E-state index in [0.717, 1.165) is 28.1 Å². The van der Waals surface area contributed by atoms with Crippen LogP contribution in [0.5, 0.6) is 5.75 Å². The Hall–Kier alpha value is -3.88. The van der Waals surface area contributed by atoms with Crippen molar-refractivity contribution in [3.63, 3.8) is 0 Å². The number of benzene rings is 1. The maximum Gasteiger partial charge on any atom is 0.327 e. The molecule has 9 nitrogen and oxygen atoms in total. The van der Waals surface area contributed by atoms with Crippen LogP contribution in [-0.4, -0.2) is 32.2 Å². The van der Waals surface area contributed by atoms with Gasteiger partial charge >= 0.3 is 5.69 Å². The minimum atomic E-state index is -0.372. The molecule has 0 radical (unpaired) electrons. The summed E-state index contributed by atoms with van der Waals surface area (Å²) in [4.78, 5) is 32.0. The molecule has 0 aliphatic carbocycles. The van der Waals surface area contributed by atoms with Crippen molar-refractivity contribution < 1.29 is 14.1 Å². The molecule has 0 fully saturated rings. The summed E-state index contributed by atoms with van der Waals surface area (Å²) in [6.45, 7) is 5.68. The molecule has 1 aliphatic rings. The van der Waals surface area contributed by atoms with E-state index in [1.165, 1.54) is 6.92 Å². The number of ether oxygens (including phenoxy) is 1. The van der Waals surface area contributed by atoms with Gasteiger partial charge < -0.3 is 19.6 Å². The van der Waals surface area contributed by atoms with Gasteiger partial charge in [-0.25, -0.2) is 4.79 Å². The maximum absolute atomic E-state index is 13.1. The minimum absolute atomic E-state index is 0.160. The molecule has 9 heteroatoms. The standard InChI is InChI=1S/C22H21N5O4/c1-11-18(12(2)31-26-11)15-8-14(9-24-13(3)28)19-20-21(15)30-10-17(27(20)22(29)25-19)16-6-4-5-7-23-16/h4-8,17H,9-10H2,1-3H3,(H,24,28)(H,25,29)/t17-/m1/s1. The van der Waals surface area contributed by atoms with Gasteiger partial charge in [-0.1, -0.05) is 11.2 Å². The van der Waals surface area contributed by atoms with E-state index in [2.05, 4.69) is 20.4 Å². The topological polar surface area (TPSA) is 115 Å². The second kappa shape index (κ2) is 7.12. The third kappa shape index (κ3) is 3.00. The number of hydrogen-bond acceptors (Lipinski definition) is 6. The number of carbonyl (C=O) groups is 1. The lowest BCUT2D eigenvalue weighted by Crippen LogP contribution is -2.31. The predicted molar refractivity (Wildman–Crippen MR) is 113 cm³/mol. The number of nitrogens with one attached hydrogen (secondary N) is 2. The molecular formula is C22H21N5O4. The summed E-state index contributed by atoms with van der Waals surface area (Å²) in [5, 5.41) is 6.89. The molecule has 158 valence electrons. The Bertz CT molecular complexity index is 1350. The molecule has 1 amide bonds. The summed E-state index contributed by atoms with van der Waals surface area (Å²) in [7, 11) is 0. The van der Waals surface area contributed by atoms with Crippen molar-refractivity contribution in [2.45, 2.75) is 33.4 Å². The van der Waals surface area contributed by atoms with Crippen LogP contribution >= 0.6 is 0 Å². The molecule has 3 aromatic heterocycles. The number of imidazole rings is 1. The Labute approximate surface area is 177 Å². The van der Waals surface area contributed by atoms with E-state index >= 15 is 0 Å². The average Bonchev–Trinajstić information content (AvgIpc) is 3.28. The number of aromatic amines is 1. The van der Waals surface area contributed by atoms with E-state index in [1.807, 2.05) is 38.1 Å². The van der Waals surface area contributed by atoms with E-state index in [0.29, 0.717) is 22.5 Å². The van der Waals surface area contributed by atoms with Gasteiger partial charge in [0, 0.05) is 25.2 Å². The first-order valence-corrected chi connectivity index (χ1v) is 9.97. The number of carbonyl (C=O) groups excluding carboxylic acids is 1. The van der Waals surface area contributed by atoms with Gasteiger partial charge in [0.25, 0.3) is 0 Å². The number of amides is 1. The van der Waals surface area contributed by atoms with Crippen LogP contribution in [0.2, 0.25) is 0 Å². The second-order valence-electron chi connectivity index (χ2n) is 7.63. The van der Waals surface area contributed by atoms with Crippen molar-refractivity contribution in [1.82, 2.24) is 25.0 Å². The molecule has 2 N–H and O–H groups in total. The molecule has 0 spiro atoms. The Morgan fingerprint density at radius 3 is 2.87 bits per heavy atom. The predicted octanol–water partition coefficient (Wildman–Crippen LogP) is 2.61. The van der Waals surface area contributed by atoms with E-state index < -0.39 is 0 Å². The lowest BCUT2D eigenvalue weighted by atomic mass is 9.97. The first-order valence-electron chi connectivity index (χ1n) is 9.97. The molecule has 0 saturated heterocycles. The van der Waals surface area contributed by atoms with Crippen molar-refractivity contribution >= 4 is 16.9 Å². The van der Waals surface area contributed by atoms with Gasteiger partial charge in [-0.05, 0) is 37.6 Å². The molecule has 0 unspecified atom stereocenters. The highest BCUT2D eigenvalue weighted by Crippen LogP contribution is 2.44. The number of nitrogens with zero attached hydrogens (tertiary/aromatic N) is 3. The van der Waals surface area contributed by atoms with Crippen LogP contribution in [0, 0.1) is 13.8 Å². The van der Waals surface area contributed by atoms with Crippen LogP contribution < -0.4 is 15.7 Å². The van der Waals surface area contributed by atoms with E-state index in [4.69, 9.17) is 9.26 Å².